The number of carbonyl (C=O) groups excluding carboxylic acids is 1. The smallest absolute Gasteiger partial charge is 0.230 e. The molecule has 2 rings (SSSR count). The summed E-state index contributed by atoms with van der Waals surface area (Å²) in [5, 5.41) is 2.84. The summed E-state index contributed by atoms with van der Waals surface area (Å²) in [5.74, 6) is -0.846. The lowest BCUT2D eigenvalue weighted by Gasteiger charge is -2.27. The molecule has 0 aliphatic rings. The molecule has 1 atom stereocenters. The van der Waals surface area contributed by atoms with E-state index in [1.165, 1.54) is 30.7 Å². The van der Waals surface area contributed by atoms with Crippen molar-refractivity contribution in [3.8, 4) is 0 Å². The number of halogens is 2. The van der Waals surface area contributed by atoms with E-state index in [-0.39, 0.29) is 17.5 Å². The van der Waals surface area contributed by atoms with E-state index in [1.807, 2.05) is 6.92 Å². The zero-order valence-corrected chi connectivity index (χ0v) is 15.4. The first-order chi connectivity index (χ1) is 11.9. The molecule has 0 spiro atoms. The molecule has 0 fully saturated rings. The number of carbonyl (C=O) groups is 1. The maximum absolute atomic E-state index is 13.4. The third-order valence-electron chi connectivity index (χ3n) is 4.04. The maximum atomic E-state index is 13.4. The number of rotatable bonds is 5. The van der Waals surface area contributed by atoms with Crippen LogP contribution < -0.4 is 5.32 Å². The van der Waals surface area contributed by atoms with Crippen molar-refractivity contribution in [3.05, 3.63) is 71.3 Å². The summed E-state index contributed by atoms with van der Waals surface area (Å²) >= 11 is 0. The summed E-state index contributed by atoms with van der Waals surface area (Å²) in [7, 11) is 0. The minimum atomic E-state index is -0.803. The van der Waals surface area contributed by atoms with E-state index in [1.54, 1.807) is 31.2 Å². The molecule has 1 unspecified atom stereocenters. The number of hydrogen-bond donors (Lipinski definition) is 1. The van der Waals surface area contributed by atoms with Gasteiger partial charge in [0.2, 0.25) is 5.91 Å². The quantitative estimate of drug-likeness (QED) is 0.774. The van der Waals surface area contributed by atoms with E-state index >= 15 is 0 Å². The lowest BCUT2D eigenvalue weighted by atomic mass is 9.79. The van der Waals surface area contributed by atoms with Crippen molar-refractivity contribution < 1.29 is 13.6 Å². The van der Waals surface area contributed by atoms with Crippen molar-refractivity contribution in [2.24, 2.45) is 0 Å². The van der Waals surface area contributed by atoms with Crippen LogP contribution in [0, 0.1) is 11.6 Å². The first kappa shape index (κ1) is 20.8. The Morgan fingerprint density at radius 3 is 2.12 bits per heavy atom. The van der Waals surface area contributed by atoms with Crippen molar-refractivity contribution in [1.29, 1.82) is 0 Å². The van der Waals surface area contributed by atoms with E-state index in [4.69, 9.17) is 0 Å². The highest BCUT2D eigenvalue weighted by molar-refractivity contribution is 5.87. The monoisotopic (exact) mass is 347 g/mol. The highest BCUT2D eigenvalue weighted by Gasteiger charge is 2.33. The fraction of sp³-hybridized carbons (Fsp3) is 0.381. The fourth-order valence-corrected chi connectivity index (χ4v) is 2.31. The van der Waals surface area contributed by atoms with Gasteiger partial charge in [0, 0.05) is 6.54 Å². The van der Waals surface area contributed by atoms with Gasteiger partial charge < -0.3 is 5.32 Å². The second-order valence-corrected chi connectivity index (χ2v) is 6.21. The van der Waals surface area contributed by atoms with Crippen LogP contribution in [0.25, 0.3) is 0 Å². The molecular formula is C21H27F2NO. The van der Waals surface area contributed by atoms with Gasteiger partial charge in [-0.1, -0.05) is 51.5 Å². The molecule has 2 aromatic carbocycles. The van der Waals surface area contributed by atoms with E-state index in [0.29, 0.717) is 18.5 Å². The first-order valence-electron chi connectivity index (χ1n) is 8.66. The van der Waals surface area contributed by atoms with Crippen molar-refractivity contribution in [3.63, 3.8) is 0 Å². The normalized spacial score (nSPS) is 12.6. The van der Waals surface area contributed by atoms with Gasteiger partial charge >= 0.3 is 0 Å². The Kier molecular flexibility index (Phi) is 8.26. The largest absolute Gasteiger partial charge is 0.351 e. The second kappa shape index (κ2) is 9.92. The van der Waals surface area contributed by atoms with Crippen molar-refractivity contribution in [2.75, 3.05) is 0 Å². The summed E-state index contributed by atoms with van der Waals surface area (Å²) in [5.41, 5.74) is 0.654. The van der Waals surface area contributed by atoms with Crippen LogP contribution in [0.2, 0.25) is 0 Å². The molecule has 1 amide bonds. The minimum absolute atomic E-state index is 0.176. The van der Waals surface area contributed by atoms with Gasteiger partial charge in [-0.15, -0.1) is 0 Å². The molecule has 0 aromatic heterocycles. The topological polar surface area (TPSA) is 29.1 Å². The second-order valence-electron chi connectivity index (χ2n) is 6.21. The molecule has 0 saturated carbocycles. The zero-order chi connectivity index (χ0) is 18.9. The van der Waals surface area contributed by atoms with Gasteiger partial charge in [0.05, 0.1) is 5.41 Å². The van der Waals surface area contributed by atoms with Crippen LogP contribution in [0.15, 0.2) is 48.5 Å². The van der Waals surface area contributed by atoms with Gasteiger partial charge in [-0.05, 0) is 48.7 Å². The standard InChI is InChI=1S/C18H19F2NO.C3H8/c1-3-18(2,14-5-4-6-16(20)11-14)17(22)21-12-13-7-9-15(19)10-8-13;1-3-2/h4-11H,3,12H2,1-2H3,(H,21,22);3H2,1-2H3. The summed E-state index contributed by atoms with van der Waals surface area (Å²) in [4.78, 5) is 12.5. The Labute approximate surface area is 149 Å². The molecule has 0 aliphatic carbocycles. The Bertz CT molecular complexity index is 670. The van der Waals surface area contributed by atoms with Crippen LogP contribution in [0.5, 0.6) is 0 Å². The van der Waals surface area contributed by atoms with Crippen LogP contribution >= 0.6 is 0 Å². The van der Waals surface area contributed by atoms with Gasteiger partial charge in [0.25, 0.3) is 0 Å². The number of benzene rings is 2. The van der Waals surface area contributed by atoms with Gasteiger partial charge in [0.15, 0.2) is 0 Å². The lowest BCUT2D eigenvalue weighted by Crippen LogP contribution is -2.41. The molecule has 0 aliphatic heterocycles. The average molecular weight is 347 g/mol. The van der Waals surface area contributed by atoms with Crippen molar-refractivity contribution >= 4 is 5.91 Å². The van der Waals surface area contributed by atoms with Crippen LogP contribution in [0.4, 0.5) is 8.78 Å². The van der Waals surface area contributed by atoms with Gasteiger partial charge in [0.1, 0.15) is 11.6 Å². The average Bonchev–Trinajstić information content (AvgIpc) is 2.61. The summed E-state index contributed by atoms with van der Waals surface area (Å²) in [6.45, 7) is 8.24. The van der Waals surface area contributed by atoms with Gasteiger partial charge in [-0.2, -0.15) is 0 Å². The maximum Gasteiger partial charge on any atom is 0.230 e. The van der Waals surface area contributed by atoms with Crippen molar-refractivity contribution in [2.45, 2.75) is 52.5 Å². The van der Waals surface area contributed by atoms with Crippen LogP contribution in [0.1, 0.15) is 51.7 Å². The Balaban J connectivity index is 0.000000970. The van der Waals surface area contributed by atoms with Crippen LogP contribution in [-0.4, -0.2) is 5.91 Å². The predicted octanol–water partition coefficient (Wildman–Crippen LogP) is 5.37. The molecule has 0 saturated heterocycles. The number of nitrogens with one attached hydrogen (secondary N) is 1. The first-order valence-corrected chi connectivity index (χ1v) is 8.66. The van der Waals surface area contributed by atoms with Gasteiger partial charge in [-0.3, -0.25) is 4.79 Å². The summed E-state index contributed by atoms with van der Waals surface area (Å²) < 4.78 is 26.3. The molecule has 2 aromatic rings. The molecule has 2 nitrogen and oxygen atoms in total. The molecule has 136 valence electrons. The highest BCUT2D eigenvalue weighted by atomic mass is 19.1. The third-order valence-corrected chi connectivity index (χ3v) is 4.04. The molecular weight excluding hydrogens is 320 g/mol. The Hall–Kier alpha value is -2.23. The molecule has 25 heavy (non-hydrogen) atoms. The number of amides is 1. The summed E-state index contributed by atoms with van der Waals surface area (Å²) in [6, 6.07) is 12.1. The minimum Gasteiger partial charge on any atom is -0.351 e. The molecule has 0 bridgehead atoms. The lowest BCUT2D eigenvalue weighted by molar-refractivity contribution is -0.126. The Morgan fingerprint density at radius 2 is 1.60 bits per heavy atom. The van der Waals surface area contributed by atoms with Crippen LogP contribution in [0.3, 0.4) is 0 Å². The van der Waals surface area contributed by atoms with E-state index in [0.717, 1.165) is 5.56 Å². The molecule has 4 heteroatoms. The third kappa shape index (κ3) is 5.96. The van der Waals surface area contributed by atoms with Crippen LogP contribution in [-0.2, 0) is 16.8 Å². The van der Waals surface area contributed by atoms with E-state index < -0.39 is 5.41 Å². The van der Waals surface area contributed by atoms with Gasteiger partial charge in [-0.25, -0.2) is 8.78 Å². The van der Waals surface area contributed by atoms with Crippen molar-refractivity contribution in [1.82, 2.24) is 5.32 Å². The predicted molar refractivity (Wildman–Crippen MR) is 98.3 cm³/mol. The Morgan fingerprint density at radius 1 is 1.00 bits per heavy atom. The SMILES string of the molecule is CCC.CCC(C)(C(=O)NCc1ccc(F)cc1)c1cccc(F)c1. The summed E-state index contributed by atoms with van der Waals surface area (Å²) in [6.07, 6.45) is 1.80. The molecule has 1 N–H and O–H groups in total. The zero-order valence-electron chi connectivity index (χ0n) is 15.4. The fourth-order valence-electron chi connectivity index (χ4n) is 2.31. The van der Waals surface area contributed by atoms with E-state index in [9.17, 15) is 13.6 Å². The van der Waals surface area contributed by atoms with E-state index in [2.05, 4.69) is 19.2 Å². The molecule has 0 heterocycles. The number of hydrogen-bond acceptors (Lipinski definition) is 1. The molecule has 0 radical (unpaired) electrons. The highest BCUT2D eigenvalue weighted by Crippen LogP contribution is 2.28.